The SMILES string of the molecule is CN(C)CCCN(C)C(=O)[C@@H]1CCCN(c2ccc(Cl)c(-c3nc4ccccc4[nH]3)c2)C1. The van der Waals surface area contributed by atoms with E-state index in [2.05, 4.69) is 34.9 Å². The monoisotopic (exact) mass is 453 g/mol. The van der Waals surface area contributed by atoms with Crippen molar-refractivity contribution >= 4 is 34.2 Å². The molecule has 0 radical (unpaired) electrons. The zero-order valence-electron chi connectivity index (χ0n) is 19.1. The van der Waals surface area contributed by atoms with Crippen molar-refractivity contribution in [2.24, 2.45) is 5.92 Å². The van der Waals surface area contributed by atoms with E-state index < -0.39 is 0 Å². The number of aromatic amines is 1. The number of hydrogen-bond donors (Lipinski definition) is 1. The number of anilines is 1. The van der Waals surface area contributed by atoms with Gasteiger partial charge in [-0.25, -0.2) is 4.98 Å². The van der Waals surface area contributed by atoms with E-state index in [-0.39, 0.29) is 11.8 Å². The number of nitrogens with one attached hydrogen (secondary N) is 1. The first kappa shape index (κ1) is 22.6. The fourth-order valence-corrected chi connectivity index (χ4v) is 4.64. The molecule has 0 saturated carbocycles. The van der Waals surface area contributed by atoms with E-state index in [1.54, 1.807) is 0 Å². The number of fused-ring (bicyclic) bond motifs is 1. The standard InChI is InChI=1S/C25H32ClN5O/c1-29(2)13-7-14-30(3)25(32)18-8-6-15-31(17-18)19-11-12-21(26)20(16-19)24-27-22-9-4-5-10-23(22)28-24/h4-5,9-12,16,18H,6-8,13-15,17H2,1-3H3,(H,27,28)/t18-/m1/s1. The van der Waals surface area contributed by atoms with Gasteiger partial charge in [0.25, 0.3) is 0 Å². The number of rotatable bonds is 7. The third kappa shape index (κ3) is 5.08. The Morgan fingerprint density at radius 3 is 2.78 bits per heavy atom. The van der Waals surface area contributed by atoms with Gasteiger partial charge in [-0.05, 0) is 70.2 Å². The summed E-state index contributed by atoms with van der Waals surface area (Å²) in [6.07, 6.45) is 2.94. The van der Waals surface area contributed by atoms with Crippen LogP contribution in [0.1, 0.15) is 19.3 Å². The molecule has 1 amide bonds. The number of imidazole rings is 1. The highest BCUT2D eigenvalue weighted by Gasteiger charge is 2.28. The van der Waals surface area contributed by atoms with Crippen LogP contribution in [0.2, 0.25) is 5.02 Å². The van der Waals surface area contributed by atoms with Crippen LogP contribution in [0.3, 0.4) is 0 Å². The van der Waals surface area contributed by atoms with Crippen molar-refractivity contribution in [3.63, 3.8) is 0 Å². The van der Waals surface area contributed by atoms with Crippen LogP contribution in [-0.4, -0.2) is 73.0 Å². The van der Waals surface area contributed by atoms with Gasteiger partial charge >= 0.3 is 0 Å². The number of nitrogens with zero attached hydrogens (tertiary/aromatic N) is 4. The number of piperidine rings is 1. The fourth-order valence-electron chi connectivity index (χ4n) is 4.43. The quantitative estimate of drug-likeness (QED) is 0.571. The molecule has 1 saturated heterocycles. The average Bonchev–Trinajstić information content (AvgIpc) is 3.22. The first-order chi connectivity index (χ1) is 15.4. The lowest BCUT2D eigenvalue weighted by Gasteiger charge is -2.35. The highest BCUT2D eigenvalue weighted by atomic mass is 35.5. The molecule has 32 heavy (non-hydrogen) atoms. The Hall–Kier alpha value is -2.57. The van der Waals surface area contributed by atoms with Gasteiger partial charge in [0.1, 0.15) is 5.82 Å². The van der Waals surface area contributed by atoms with Crippen LogP contribution < -0.4 is 4.90 Å². The summed E-state index contributed by atoms with van der Waals surface area (Å²) in [4.78, 5) is 27.5. The highest BCUT2D eigenvalue weighted by molar-refractivity contribution is 6.33. The number of aromatic nitrogens is 2. The van der Waals surface area contributed by atoms with E-state index >= 15 is 0 Å². The summed E-state index contributed by atoms with van der Waals surface area (Å²) in [5.41, 5.74) is 3.88. The molecular formula is C25H32ClN5O. The van der Waals surface area contributed by atoms with Gasteiger partial charge in [0.15, 0.2) is 0 Å². The van der Waals surface area contributed by atoms with Crippen molar-refractivity contribution in [1.82, 2.24) is 19.8 Å². The number of carbonyl (C=O) groups excluding carboxylic acids is 1. The van der Waals surface area contributed by atoms with E-state index in [9.17, 15) is 4.79 Å². The molecule has 2 aromatic carbocycles. The van der Waals surface area contributed by atoms with E-state index in [1.165, 1.54) is 0 Å². The lowest BCUT2D eigenvalue weighted by molar-refractivity contribution is -0.134. The molecule has 6 nitrogen and oxygen atoms in total. The number of H-pyrrole nitrogens is 1. The minimum atomic E-state index is 0.0263. The molecule has 0 bridgehead atoms. The number of para-hydroxylation sites is 2. The van der Waals surface area contributed by atoms with Crippen molar-refractivity contribution < 1.29 is 4.79 Å². The van der Waals surface area contributed by atoms with Crippen molar-refractivity contribution in [3.8, 4) is 11.4 Å². The summed E-state index contributed by atoms with van der Waals surface area (Å²) in [5.74, 6) is 1.04. The van der Waals surface area contributed by atoms with Gasteiger partial charge in [-0.2, -0.15) is 0 Å². The molecule has 4 rings (SSSR count). The third-order valence-electron chi connectivity index (χ3n) is 6.21. The van der Waals surface area contributed by atoms with Crippen molar-refractivity contribution in [1.29, 1.82) is 0 Å². The summed E-state index contributed by atoms with van der Waals surface area (Å²) >= 11 is 6.55. The molecule has 3 aromatic rings. The Morgan fingerprint density at radius 2 is 2.00 bits per heavy atom. The van der Waals surface area contributed by atoms with Crippen LogP contribution >= 0.6 is 11.6 Å². The maximum Gasteiger partial charge on any atom is 0.227 e. The molecule has 7 heteroatoms. The summed E-state index contributed by atoms with van der Waals surface area (Å²) in [6.45, 7) is 3.46. The van der Waals surface area contributed by atoms with Crippen LogP contribution in [0.5, 0.6) is 0 Å². The van der Waals surface area contributed by atoms with Gasteiger partial charge in [0.2, 0.25) is 5.91 Å². The molecule has 2 heterocycles. The van der Waals surface area contributed by atoms with Crippen molar-refractivity contribution in [2.45, 2.75) is 19.3 Å². The Balaban J connectivity index is 1.48. The molecule has 170 valence electrons. The van der Waals surface area contributed by atoms with E-state index in [4.69, 9.17) is 16.6 Å². The zero-order valence-corrected chi connectivity index (χ0v) is 19.9. The Bertz CT molecular complexity index is 1050. The molecule has 0 spiro atoms. The minimum absolute atomic E-state index is 0.0263. The number of hydrogen-bond acceptors (Lipinski definition) is 4. The second-order valence-electron chi connectivity index (χ2n) is 8.97. The van der Waals surface area contributed by atoms with Gasteiger partial charge in [0, 0.05) is 37.9 Å². The van der Waals surface area contributed by atoms with Crippen LogP contribution in [0, 0.1) is 5.92 Å². The van der Waals surface area contributed by atoms with E-state index in [0.717, 1.165) is 73.6 Å². The fraction of sp³-hybridized carbons (Fsp3) is 0.440. The van der Waals surface area contributed by atoms with Crippen LogP contribution in [-0.2, 0) is 4.79 Å². The van der Waals surface area contributed by atoms with Gasteiger partial charge < -0.3 is 19.7 Å². The summed E-state index contributed by atoms with van der Waals surface area (Å²) in [7, 11) is 6.05. The van der Waals surface area contributed by atoms with Crippen LogP contribution in [0.15, 0.2) is 42.5 Å². The predicted molar refractivity (Wildman–Crippen MR) is 132 cm³/mol. The molecule has 1 aromatic heterocycles. The van der Waals surface area contributed by atoms with E-state index in [0.29, 0.717) is 5.02 Å². The van der Waals surface area contributed by atoms with Crippen molar-refractivity contribution in [3.05, 3.63) is 47.5 Å². The number of carbonyl (C=O) groups is 1. The summed E-state index contributed by atoms with van der Waals surface area (Å²) in [5, 5.41) is 0.665. The van der Waals surface area contributed by atoms with Gasteiger partial charge in [-0.3, -0.25) is 4.79 Å². The lowest BCUT2D eigenvalue weighted by atomic mass is 9.95. The van der Waals surface area contributed by atoms with Gasteiger partial charge in [-0.15, -0.1) is 0 Å². The van der Waals surface area contributed by atoms with Gasteiger partial charge in [-0.1, -0.05) is 23.7 Å². The maximum atomic E-state index is 13.0. The molecule has 1 atom stereocenters. The maximum absolute atomic E-state index is 13.0. The minimum Gasteiger partial charge on any atom is -0.371 e. The highest BCUT2D eigenvalue weighted by Crippen LogP contribution is 2.33. The van der Waals surface area contributed by atoms with Gasteiger partial charge in [0.05, 0.1) is 22.0 Å². The molecule has 1 N–H and O–H groups in total. The zero-order chi connectivity index (χ0) is 22.7. The Labute approximate surface area is 195 Å². The number of amides is 1. The topological polar surface area (TPSA) is 55.5 Å². The van der Waals surface area contributed by atoms with Crippen molar-refractivity contribution in [2.75, 3.05) is 52.2 Å². The Morgan fingerprint density at radius 1 is 1.19 bits per heavy atom. The summed E-state index contributed by atoms with van der Waals surface area (Å²) in [6, 6.07) is 14.0. The average molecular weight is 454 g/mol. The second-order valence-corrected chi connectivity index (χ2v) is 9.38. The molecule has 1 aliphatic rings. The lowest BCUT2D eigenvalue weighted by Crippen LogP contribution is -2.44. The molecule has 1 fully saturated rings. The normalized spacial score (nSPS) is 16.7. The molecule has 0 aliphatic carbocycles. The van der Waals surface area contributed by atoms with Crippen LogP contribution in [0.25, 0.3) is 22.4 Å². The molecular weight excluding hydrogens is 422 g/mol. The van der Waals surface area contributed by atoms with Crippen LogP contribution in [0.4, 0.5) is 5.69 Å². The molecule has 0 unspecified atom stereocenters. The Kier molecular flexibility index (Phi) is 7.01. The number of halogens is 1. The second kappa shape index (κ2) is 9.92. The largest absolute Gasteiger partial charge is 0.371 e. The first-order valence-corrected chi connectivity index (χ1v) is 11.7. The smallest absolute Gasteiger partial charge is 0.227 e. The van der Waals surface area contributed by atoms with E-state index in [1.807, 2.05) is 48.3 Å². The first-order valence-electron chi connectivity index (χ1n) is 11.3. The third-order valence-corrected chi connectivity index (χ3v) is 6.53. The number of benzene rings is 2. The molecule has 1 aliphatic heterocycles. The predicted octanol–water partition coefficient (Wildman–Crippen LogP) is 4.51. The summed E-state index contributed by atoms with van der Waals surface area (Å²) < 4.78 is 0.